The summed E-state index contributed by atoms with van der Waals surface area (Å²) in [4.78, 5) is 21.4. The molecule has 1 aromatic heterocycles. The Kier molecular flexibility index (Phi) is 4.87. The number of anilines is 2. The number of hydrogen-bond donors (Lipinski definition) is 0. The van der Waals surface area contributed by atoms with E-state index in [1.807, 2.05) is 41.5 Å². The van der Waals surface area contributed by atoms with Crippen molar-refractivity contribution in [3.63, 3.8) is 0 Å². The van der Waals surface area contributed by atoms with Crippen LogP contribution in [-0.4, -0.2) is 35.8 Å². The van der Waals surface area contributed by atoms with Crippen LogP contribution in [0, 0.1) is 13.8 Å². The zero-order chi connectivity index (χ0) is 17.4. The summed E-state index contributed by atoms with van der Waals surface area (Å²) in [5.41, 5.74) is 2.68. The van der Waals surface area contributed by atoms with Crippen LogP contribution in [0.3, 0.4) is 0 Å². The normalized spacial score (nSPS) is 19.0. The summed E-state index contributed by atoms with van der Waals surface area (Å²) in [6, 6.07) is 2.30. The van der Waals surface area contributed by atoms with Gasteiger partial charge in [-0.1, -0.05) is 13.8 Å². The lowest BCUT2D eigenvalue weighted by atomic mass is 10.1. The minimum atomic E-state index is -0.493. The van der Waals surface area contributed by atoms with Gasteiger partial charge in [0.1, 0.15) is 5.60 Å². The fourth-order valence-electron chi connectivity index (χ4n) is 2.98. The first-order chi connectivity index (χ1) is 10.8. The van der Waals surface area contributed by atoms with Crippen molar-refractivity contribution in [1.82, 2.24) is 4.98 Å². The van der Waals surface area contributed by atoms with Crippen molar-refractivity contribution >= 4 is 17.6 Å². The maximum atomic E-state index is 12.6. The van der Waals surface area contributed by atoms with Gasteiger partial charge in [-0.05, 0) is 52.7 Å². The molecule has 0 spiro atoms. The predicted octanol–water partition coefficient (Wildman–Crippen LogP) is 4.06. The van der Waals surface area contributed by atoms with Gasteiger partial charge in [0.25, 0.3) is 0 Å². The summed E-state index contributed by atoms with van der Waals surface area (Å²) in [5.74, 6) is 0.751. The average molecular weight is 319 g/mol. The molecular weight excluding hydrogens is 290 g/mol. The maximum Gasteiger partial charge on any atom is 0.416 e. The van der Waals surface area contributed by atoms with Crippen LogP contribution in [0.15, 0.2) is 6.07 Å². The second-order valence-corrected chi connectivity index (χ2v) is 6.97. The number of fused-ring (bicyclic) bond motifs is 4. The molecule has 0 saturated carbocycles. The minimum absolute atomic E-state index is 0.168. The number of aryl methyl sites for hydroxylation is 2. The molecule has 5 nitrogen and oxygen atoms in total. The Morgan fingerprint density at radius 1 is 1.30 bits per heavy atom. The molecule has 0 aromatic carbocycles. The van der Waals surface area contributed by atoms with Crippen LogP contribution in [0.1, 0.15) is 52.3 Å². The van der Waals surface area contributed by atoms with E-state index in [1.54, 1.807) is 4.90 Å². The Labute approximate surface area is 139 Å². The van der Waals surface area contributed by atoms with E-state index in [1.165, 1.54) is 0 Å². The highest BCUT2D eigenvalue weighted by Crippen LogP contribution is 2.40. The number of carbonyl (C=O) groups excluding carboxylic acids is 1. The molecule has 1 atom stereocenters. The molecular formula is C18H29N3O2. The third-order valence-corrected chi connectivity index (χ3v) is 4.11. The van der Waals surface area contributed by atoms with Crippen molar-refractivity contribution in [3.8, 4) is 0 Å². The molecule has 1 aromatic rings. The average Bonchev–Trinajstić information content (AvgIpc) is 2.87. The molecule has 2 bridgehead atoms. The number of amides is 1. The fraction of sp³-hybridized carbons (Fsp3) is 0.667. The SMILES string of the molecule is CC.Cc1cc2c(nc1C)N(C(=O)OC(C)(C)C)C1CCN2C1. The van der Waals surface area contributed by atoms with Crippen LogP contribution in [0.25, 0.3) is 0 Å². The van der Waals surface area contributed by atoms with Gasteiger partial charge in [0.2, 0.25) is 0 Å². The van der Waals surface area contributed by atoms with Gasteiger partial charge in [-0.25, -0.2) is 9.78 Å². The van der Waals surface area contributed by atoms with E-state index < -0.39 is 5.60 Å². The first-order valence-electron chi connectivity index (χ1n) is 8.51. The molecule has 2 aliphatic heterocycles. The molecule has 3 rings (SSSR count). The lowest BCUT2D eigenvalue weighted by Crippen LogP contribution is -2.48. The molecule has 0 aliphatic carbocycles. The van der Waals surface area contributed by atoms with Gasteiger partial charge < -0.3 is 9.64 Å². The lowest BCUT2D eigenvalue weighted by Gasteiger charge is -2.37. The van der Waals surface area contributed by atoms with E-state index >= 15 is 0 Å². The summed E-state index contributed by atoms with van der Waals surface area (Å²) in [6.45, 7) is 15.6. The second kappa shape index (κ2) is 6.38. The Hall–Kier alpha value is -1.78. The van der Waals surface area contributed by atoms with E-state index in [4.69, 9.17) is 4.74 Å². The first-order valence-corrected chi connectivity index (χ1v) is 8.51. The summed E-state index contributed by atoms with van der Waals surface area (Å²) in [5, 5.41) is 0. The monoisotopic (exact) mass is 319 g/mol. The van der Waals surface area contributed by atoms with Gasteiger partial charge in [0.05, 0.1) is 11.7 Å². The van der Waals surface area contributed by atoms with Crippen LogP contribution in [0.5, 0.6) is 0 Å². The predicted molar refractivity (Wildman–Crippen MR) is 94.4 cm³/mol. The van der Waals surface area contributed by atoms with Gasteiger partial charge in [0, 0.05) is 18.8 Å². The van der Waals surface area contributed by atoms with E-state index in [-0.39, 0.29) is 12.1 Å². The molecule has 1 unspecified atom stereocenters. The molecule has 1 fully saturated rings. The Balaban J connectivity index is 0.000000924. The topological polar surface area (TPSA) is 45.7 Å². The zero-order valence-corrected chi connectivity index (χ0v) is 15.4. The number of ether oxygens (including phenoxy) is 1. The van der Waals surface area contributed by atoms with Crippen LogP contribution in [0.2, 0.25) is 0 Å². The van der Waals surface area contributed by atoms with Crippen molar-refractivity contribution < 1.29 is 9.53 Å². The molecule has 1 saturated heterocycles. The summed E-state index contributed by atoms with van der Waals surface area (Å²) in [6.07, 6.45) is 0.680. The van der Waals surface area contributed by atoms with Crippen molar-refractivity contribution in [2.24, 2.45) is 0 Å². The van der Waals surface area contributed by atoms with E-state index in [0.29, 0.717) is 0 Å². The van der Waals surface area contributed by atoms with Crippen LogP contribution >= 0.6 is 0 Å². The van der Waals surface area contributed by atoms with Crippen LogP contribution in [-0.2, 0) is 4.74 Å². The standard InChI is InChI=1S/C16H23N3O2.C2H6/c1-10-8-13-14(17-11(10)2)19(12-6-7-18(13)9-12)15(20)21-16(3,4)5;1-2/h8,12H,6-7,9H2,1-5H3;1-2H3. The smallest absolute Gasteiger partial charge is 0.416 e. The van der Waals surface area contributed by atoms with Crippen LogP contribution in [0.4, 0.5) is 16.3 Å². The highest BCUT2D eigenvalue weighted by Gasteiger charge is 2.42. The number of pyridine rings is 1. The highest BCUT2D eigenvalue weighted by atomic mass is 16.6. The summed E-state index contributed by atoms with van der Waals surface area (Å²) in [7, 11) is 0. The number of aromatic nitrogens is 1. The van der Waals surface area contributed by atoms with E-state index in [0.717, 1.165) is 42.3 Å². The lowest BCUT2D eigenvalue weighted by molar-refractivity contribution is 0.0566. The van der Waals surface area contributed by atoms with Crippen LogP contribution < -0.4 is 9.80 Å². The minimum Gasteiger partial charge on any atom is -0.443 e. The fourth-order valence-corrected chi connectivity index (χ4v) is 2.98. The maximum absolute atomic E-state index is 12.6. The molecule has 1 amide bonds. The third kappa shape index (κ3) is 3.43. The number of rotatable bonds is 0. The Morgan fingerprint density at radius 3 is 2.57 bits per heavy atom. The summed E-state index contributed by atoms with van der Waals surface area (Å²) < 4.78 is 5.58. The van der Waals surface area contributed by atoms with Gasteiger partial charge in [-0.3, -0.25) is 4.90 Å². The van der Waals surface area contributed by atoms with Crippen molar-refractivity contribution in [2.75, 3.05) is 22.9 Å². The zero-order valence-electron chi connectivity index (χ0n) is 15.4. The Bertz CT molecular complexity index is 593. The molecule has 0 radical (unpaired) electrons. The summed E-state index contributed by atoms with van der Waals surface area (Å²) >= 11 is 0. The molecule has 23 heavy (non-hydrogen) atoms. The van der Waals surface area contributed by atoms with Crippen molar-refractivity contribution in [2.45, 2.75) is 66.5 Å². The van der Waals surface area contributed by atoms with E-state index in [9.17, 15) is 4.79 Å². The highest BCUT2D eigenvalue weighted by molar-refractivity contribution is 5.93. The Morgan fingerprint density at radius 2 is 1.96 bits per heavy atom. The molecule has 5 heteroatoms. The largest absolute Gasteiger partial charge is 0.443 e. The van der Waals surface area contributed by atoms with Gasteiger partial charge in [0.15, 0.2) is 5.82 Å². The van der Waals surface area contributed by atoms with Crippen molar-refractivity contribution in [3.05, 3.63) is 17.3 Å². The number of hydrogen-bond acceptors (Lipinski definition) is 4. The number of carbonyl (C=O) groups is 1. The van der Waals surface area contributed by atoms with Gasteiger partial charge >= 0.3 is 6.09 Å². The molecule has 0 N–H and O–H groups in total. The molecule has 128 valence electrons. The quantitative estimate of drug-likeness (QED) is 0.723. The van der Waals surface area contributed by atoms with Crippen molar-refractivity contribution in [1.29, 1.82) is 0 Å². The van der Waals surface area contributed by atoms with Gasteiger partial charge in [-0.2, -0.15) is 0 Å². The number of nitrogens with zero attached hydrogens (tertiary/aromatic N) is 3. The van der Waals surface area contributed by atoms with Gasteiger partial charge in [-0.15, -0.1) is 0 Å². The molecule has 3 heterocycles. The second-order valence-electron chi connectivity index (χ2n) is 6.97. The van der Waals surface area contributed by atoms with E-state index in [2.05, 4.69) is 22.9 Å². The third-order valence-electron chi connectivity index (χ3n) is 4.11. The molecule has 2 aliphatic rings. The first kappa shape index (κ1) is 17.6.